The van der Waals surface area contributed by atoms with E-state index >= 15 is 0 Å². The van der Waals surface area contributed by atoms with Gasteiger partial charge in [-0.1, -0.05) is 23.7 Å². The SMILES string of the molecule is O=C(O)[C@@]1(O)CCc2cccc(Cl)c2C1. The topological polar surface area (TPSA) is 57.5 Å². The van der Waals surface area contributed by atoms with Crippen molar-refractivity contribution in [2.24, 2.45) is 0 Å². The molecule has 0 bridgehead atoms. The summed E-state index contributed by atoms with van der Waals surface area (Å²) >= 11 is 5.97. The molecule has 2 N–H and O–H groups in total. The van der Waals surface area contributed by atoms with Crippen LogP contribution in [-0.4, -0.2) is 21.8 Å². The van der Waals surface area contributed by atoms with Crippen LogP contribution in [0.5, 0.6) is 0 Å². The van der Waals surface area contributed by atoms with Crippen molar-refractivity contribution in [3.05, 3.63) is 34.3 Å². The van der Waals surface area contributed by atoms with Crippen molar-refractivity contribution in [1.29, 1.82) is 0 Å². The second-order valence-corrected chi connectivity index (χ2v) is 4.30. The molecule has 0 saturated carbocycles. The van der Waals surface area contributed by atoms with Crippen molar-refractivity contribution in [3.63, 3.8) is 0 Å². The summed E-state index contributed by atoms with van der Waals surface area (Å²) in [4.78, 5) is 10.9. The molecule has 1 aromatic rings. The van der Waals surface area contributed by atoms with Crippen LogP contribution in [0.4, 0.5) is 0 Å². The number of fused-ring (bicyclic) bond motifs is 1. The predicted molar refractivity (Wildman–Crippen MR) is 56.1 cm³/mol. The van der Waals surface area contributed by atoms with Crippen LogP contribution in [0.15, 0.2) is 18.2 Å². The Kier molecular flexibility index (Phi) is 2.44. The molecule has 1 aromatic carbocycles. The van der Waals surface area contributed by atoms with Crippen LogP contribution >= 0.6 is 11.6 Å². The zero-order valence-electron chi connectivity index (χ0n) is 8.03. The summed E-state index contributed by atoms with van der Waals surface area (Å²) in [6.07, 6.45) is 0.895. The Morgan fingerprint density at radius 3 is 2.87 bits per heavy atom. The van der Waals surface area contributed by atoms with E-state index in [1.54, 1.807) is 6.07 Å². The number of carbonyl (C=O) groups is 1. The predicted octanol–water partition coefficient (Wildman–Crippen LogP) is 1.64. The van der Waals surface area contributed by atoms with Crippen molar-refractivity contribution in [1.82, 2.24) is 0 Å². The summed E-state index contributed by atoms with van der Waals surface area (Å²) in [6.45, 7) is 0. The zero-order chi connectivity index (χ0) is 11.1. The highest BCUT2D eigenvalue weighted by atomic mass is 35.5. The Balaban J connectivity index is 2.42. The van der Waals surface area contributed by atoms with Crippen molar-refractivity contribution in [2.75, 3.05) is 0 Å². The molecule has 0 amide bonds. The number of aliphatic carboxylic acids is 1. The second kappa shape index (κ2) is 3.51. The van der Waals surface area contributed by atoms with Gasteiger partial charge in [0, 0.05) is 11.4 Å². The van der Waals surface area contributed by atoms with Crippen LogP contribution in [-0.2, 0) is 17.6 Å². The third kappa shape index (κ3) is 1.73. The van der Waals surface area contributed by atoms with Crippen molar-refractivity contribution >= 4 is 17.6 Å². The number of hydrogen-bond acceptors (Lipinski definition) is 2. The summed E-state index contributed by atoms with van der Waals surface area (Å²) in [6, 6.07) is 5.48. The Labute approximate surface area is 92.3 Å². The first-order valence-corrected chi connectivity index (χ1v) is 5.13. The molecule has 4 heteroatoms. The first kappa shape index (κ1) is 10.5. The molecule has 0 radical (unpaired) electrons. The molecule has 0 unspecified atom stereocenters. The molecule has 2 rings (SSSR count). The van der Waals surface area contributed by atoms with Gasteiger partial charge in [-0.15, -0.1) is 0 Å². The van der Waals surface area contributed by atoms with Crippen LogP contribution in [0.3, 0.4) is 0 Å². The monoisotopic (exact) mass is 226 g/mol. The second-order valence-electron chi connectivity index (χ2n) is 3.89. The van der Waals surface area contributed by atoms with Gasteiger partial charge in [-0.25, -0.2) is 4.79 Å². The lowest BCUT2D eigenvalue weighted by atomic mass is 9.80. The lowest BCUT2D eigenvalue weighted by Crippen LogP contribution is -2.43. The third-order valence-electron chi connectivity index (χ3n) is 2.89. The molecule has 1 aliphatic rings. The molecule has 0 saturated heterocycles. The normalized spacial score (nSPS) is 24.7. The van der Waals surface area contributed by atoms with Crippen molar-refractivity contribution in [2.45, 2.75) is 24.9 Å². The molecule has 1 aliphatic carbocycles. The van der Waals surface area contributed by atoms with Gasteiger partial charge in [0.25, 0.3) is 0 Å². The molecular formula is C11H11ClO3. The van der Waals surface area contributed by atoms with Crippen LogP contribution in [0, 0.1) is 0 Å². The number of aryl methyl sites for hydroxylation is 1. The number of benzene rings is 1. The maximum Gasteiger partial charge on any atom is 0.336 e. The van der Waals surface area contributed by atoms with Gasteiger partial charge in [-0.3, -0.25) is 0 Å². The number of carboxylic acid groups (broad SMARTS) is 1. The van der Waals surface area contributed by atoms with Gasteiger partial charge in [0.1, 0.15) is 0 Å². The van der Waals surface area contributed by atoms with E-state index in [2.05, 4.69) is 0 Å². The zero-order valence-corrected chi connectivity index (χ0v) is 8.79. The molecule has 1 atom stereocenters. The highest BCUT2D eigenvalue weighted by Crippen LogP contribution is 2.33. The molecule has 0 spiro atoms. The number of halogens is 1. The number of carboxylic acids is 1. The average molecular weight is 227 g/mol. The molecule has 15 heavy (non-hydrogen) atoms. The Hall–Kier alpha value is -1.06. The van der Waals surface area contributed by atoms with E-state index in [1.807, 2.05) is 12.1 Å². The van der Waals surface area contributed by atoms with Crippen LogP contribution in [0.2, 0.25) is 5.02 Å². The first-order chi connectivity index (χ1) is 7.03. The minimum atomic E-state index is -1.65. The van der Waals surface area contributed by atoms with E-state index in [9.17, 15) is 9.90 Å². The van der Waals surface area contributed by atoms with Gasteiger partial charge in [-0.05, 0) is 30.0 Å². The molecule has 0 aliphatic heterocycles. The number of aliphatic hydroxyl groups is 1. The summed E-state index contributed by atoms with van der Waals surface area (Å²) < 4.78 is 0. The lowest BCUT2D eigenvalue weighted by molar-refractivity contribution is -0.159. The molecule has 3 nitrogen and oxygen atoms in total. The van der Waals surface area contributed by atoms with E-state index in [0.717, 1.165) is 11.1 Å². The van der Waals surface area contributed by atoms with Gasteiger partial charge in [0.15, 0.2) is 5.60 Å². The molecule has 0 aromatic heterocycles. The van der Waals surface area contributed by atoms with Crippen LogP contribution in [0.25, 0.3) is 0 Å². The fourth-order valence-electron chi connectivity index (χ4n) is 1.94. The van der Waals surface area contributed by atoms with Gasteiger partial charge < -0.3 is 10.2 Å². The van der Waals surface area contributed by atoms with Crippen molar-refractivity contribution < 1.29 is 15.0 Å². The standard InChI is InChI=1S/C11H11ClO3/c12-9-3-1-2-7-4-5-11(15,10(13)14)6-8(7)9/h1-3,15H,4-6H2,(H,13,14)/t11-/m1/s1. The Morgan fingerprint density at radius 2 is 2.20 bits per heavy atom. The maximum absolute atomic E-state index is 10.9. The highest BCUT2D eigenvalue weighted by molar-refractivity contribution is 6.31. The maximum atomic E-state index is 10.9. The highest BCUT2D eigenvalue weighted by Gasteiger charge is 2.39. The van der Waals surface area contributed by atoms with E-state index < -0.39 is 11.6 Å². The summed E-state index contributed by atoms with van der Waals surface area (Å²) in [5, 5.41) is 19.3. The smallest absolute Gasteiger partial charge is 0.336 e. The summed E-state index contributed by atoms with van der Waals surface area (Å²) in [5.41, 5.74) is 0.140. The van der Waals surface area contributed by atoms with Gasteiger partial charge in [0.2, 0.25) is 0 Å². The quantitative estimate of drug-likeness (QED) is 0.766. The van der Waals surface area contributed by atoms with Gasteiger partial charge in [-0.2, -0.15) is 0 Å². The fraction of sp³-hybridized carbons (Fsp3) is 0.364. The molecule has 0 fully saturated rings. The van der Waals surface area contributed by atoms with E-state index in [1.165, 1.54) is 0 Å². The lowest BCUT2D eigenvalue weighted by Gasteiger charge is -2.30. The number of rotatable bonds is 1. The van der Waals surface area contributed by atoms with Crippen LogP contribution < -0.4 is 0 Å². The Bertz CT molecular complexity index is 416. The van der Waals surface area contributed by atoms with Crippen LogP contribution in [0.1, 0.15) is 17.5 Å². The minimum Gasteiger partial charge on any atom is -0.479 e. The van der Waals surface area contributed by atoms with E-state index in [-0.39, 0.29) is 12.8 Å². The van der Waals surface area contributed by atoms with Crippen molar-refractivity contribution in [3.8, 4) is 0 Å². The van der Waals surface area contributed by atoms with Gasteiger partial charge >= 0.3 is 5.97 Å². The molecular weight excluding hydrogens is 216 g/mol. The van der Waals surface area contributed by atoms with E-state index in [0.29, 0.717) is 11.4 Å². The van der Waals surface area contributed by atoms with Gasteiger partial charge in [0.05, 0.1) is 0 Å². The third-order valence-corrected chi connectivity index (χ3v) is 3.25. The summed E-state index contributed by atoms with van der Waals surface area (Å²) in [5.74, 6) is -1.17. The number of hydrogen-bond donors (Lipinski definition) is 2. The Morgan fingerprint density at radius 1 is 1.47 bits per heavy atom. The first-order valence-electron chi connectivity index (χ1n) is 4.75. The minimum absolute atomic E-state index is 0.0946. The average Bonchev–Trinajstić information content (AvgIpc) is 2.19. The molecule has 0 heterocycles. The van der Waals surface area contributed by atoms with E-state index in [4.69, 9.17) is 16.7 Å². The largest absolute Gasteiger partial charge is 0.479 e. The molecule has 80 valence electrons. The fourth-order valence-corrected chi connectivity index (χ4v) is 2.20. The summed E-state index contributed by atoms with van der Waals surface area (Å²) in [7, 11) is 0.